The Balaban J connectivity index is 2.76. The summed E-state index contributed by atoms with van der Waals surface area (Å²) in [6.45, 7) is 12.3. The molecule has 0 aromatic carbocycles. The van der Waals surface area contributed by atoms with E-state index in [1.807, 2.05) is 39.5 Å². The second-order valence-electron chi connectivity index (χ2n) is 6.22. The Kier molecular flexibility index (Phi) is 4.82. The van der Waals surface area contributed by atoms with E-state index in [2.05, 4.69) is 0 Å². The molecule has 1 saturated heterocycles. The molecule has 1 fully saturated rings. The molecule has 0 radical (unpaired) electrons. The molecule has 1 aliphatic heterocycles. The highest BCUT2D eigenvalue weighted by Crippen LogP contribution is 2.20. The van der Waals surface area contributed by atoms with Gasteiger partial charge in [0.15, 0.2) is 0 Å². The number of carbonyl (C=O) groups is 2. The molecular formula is C14H26N2O3. The van der Waals surface area contributed by atoms with Gasteiger partial charge in [0.1, 0.15) is 5.60 Å². The summed E-state index contributed by atoms with van der Waals surface area (Å²) >= 11 is 0. The maximum Gasteiger partial charge on any atom is 0.410 e. The molecule has 19 heavy (non-hydrogen) atoms. The molecule has 1 heterocycles. The van der Waals surface area contributed by atoms with Crippen LogP contribution >= 0.6 is 0 Å². The van der Waals surface area contributed by atoms with Gasteiger partial charge in [-0.3, -0.25) is 4.79 Å². The summed E-state index contributed by atoms with van der Waals surface area (Å²) in [5.74, 6) is 0.0724. The van der Waals surface area contributed by atoms with E-state index in [-0.39, 0.29) is 24.1 Å². The van der Waals surface area contributed by atoms with Crippen molar-refractivity contribution in [3.63, 3.8) is 0 Å². The Morgan fingerprint density at radius 3 is 2.26 bits per heavy atom. The van der Waals surface area contributed by atoms with E-state index in [1.165, 1.54) is 0 Å². The first kappa shape index (κ1) is 15.8. The van der Waals surface area contributed by atoms with Crippen LogP contribution in [0.5, 0.6) is 0 Å². The predicted molar refractivity (Wildman–Crippen MR) is 73.9 cm³/mol. The first-order valence-corrected chi connectivity index (χ1v) is 6.92. The van der Waals surface area contributed by atoms with Crippen LogP contribution in [0, 0.1) is 0 Å². The van der Waals surface area contributed by atoms with E-state index in [9.17, 15) is 9.59 Å². The van der Waals surface area contributed by atoms with Crippen LogP contribution in [0.3, 0.4) is 0 Å². The van der Waals surface area contributed by atoms with E-state index in [4.69, 9.17) is 4.74 Å². The monoisotopic (exact) mass is 270 g/mol. The highest BCUT2D eigenvalue weighted by Gasteiger charge is 2.36. The Morgan fingerprint density at radius 2 is 1.84 bits per heavy atom. The molecular weight excluding hydrogens is 244 g/mol. The zero-order valence-electron chi connectivity index (χ0n) is 12.9. The average molecular weight is 270 g/mol. The lowest BCUT2D eigenvalue weighted by molar-refractivity contribution is -0.137. The highest BCUT2D eigenvalue weighted by atomic mass is 16.6. The molecule has 5 heteroatoms. The molecule has 1 rings (SSSR count). The summed E-state index contributed by atoms with van der Waals surface area (Å²) in [5, 5.41) is 0. The Morgan fingerprint density at radius 1 is 1.26 bits per heavy atom. The number of rotatable bonds is 1. The van der Waals surface area contributed by atoms with Crippen molar-refractivity contribution in [2.45, 2.75) is 65.6 Å². The van der Waals surface area contributed by atoms with Crippen LogP contribution in [-0.4, -0.2) is 52.6 Å². The summed E-state index contributed by atoms with van der Waals surface area (Å²) in [6, 6.07) is 0.109. The van der Waals surface area contributed by atoms with Gasteiger partial charge in [-0.25, -0.2) is 4.79 Å². The Labute approximate surface area is 115 Å². The van der Waals surface area contributed by atoms with Crippen LogP contribution in [0.15, 0.2) is 0 Å². The number of hydrogen-bond donors (Lipinski definition) is 0. The maximum absolute atomic E-state index is 12.1. The molecule has 0 bridgehead atoms. The summed E-state index contributed by atoms with van der Waals surface area (Å²) in [5.41, 5.74) is -0.486. The van der Waals surface area contributed by atoms with Gasteiger partial charge in [-0.1, -0.05) is 6.92 Å². The summed E-state index contributed by atoms with van der Waals surface area (Å²) in [6.07, 6.45) is 0.546. The van der Waals surface area contributed by atoms with Crippen molar-refractivity contribution in [1.29, 1.82) is 0 Å². The van der Waals surface area contributed by atoms with Gasteiger partial charge in [-0.2, -0.15) is 0 Å². The number of carbonyl (C=O) groups excluding carboxylic acids is 2. The third kappa shape index (κ3) is 4.11. The van der Waals surface area contributed by atoms with E-state index in [1.54, 1.807) is 11.8 Å². The number of nitrogens with zero attached hydrogens (tertiary/aromatic N) is 2. The SMILES string of the molecule is CC[C@@H]1CN(C(=O)OC(C)(C)C)CC(C)N1C(C)=O. The van der Waals surface area contributed by atoms with Crippen LogP contribution in [0.1, 0.15) is 48.0 Å². The lowest BCUT2D eigenvalue weighted by Gasteiger charge is -2.45. The fraction of sp³-hybridized carbons (Fsp3) is 0.857. The van der Waals surface area contributed by atoms with Gasteiger partial charge in [-0.15, -0.1) is 0 Å². The van der Waals surface area contributed by atoms with Crippen LogP contribution in [0.4, 0.5) is 4.79 Å². The minimum absolute atomic E-state index is 0.0312. The molecule has 0 N–H and O–H groups in total. The van der Waals surface area contributed by atoms with Crippen molar-refractivity contribution in [2.24, 2.45) is 0 Å². The topological polar surface area (TPSA) is 49.9 Å². The lowest BCUT2D eigenvalue weighted by atomic mass is 10.1. The molecule has 0 aromatic heterocycles. The third-order valence-corrected chi connectivity index (χ3v) is 3.27. The predicted octanol–water partition coefficient (Wildman–Crippen LogP) is 2.25. The van der Waals surface area contributed by atoms with Crippen LogP contribution in [0.25, 0.3) is 0 Å². The Hall–Kier alpha value is -1.26. The maximum atomic E-state index is 12.1. The van der Waals surface area contributed by atoms with Gasteiger partial charge in [0.05, 0.1) is 0 Å². The summed E-state index contributed by atoms with van der Waals surface area (Å²) in [7, 11) is 0. The average Bonchev–Trinajstić information content (AvgIpc) is 2.24. The van der Waals surface area contributed by atoms with Crippen molar-refractivity contribution in [3.05, 3.63) is 0 Å². The Bertz CT molecular complexity index is 349. The summed E-state index contributed by atoms with van der Waals surface area (Å²) < 4.78 is 5.40. The molecule has 2 amide bonds. The minimum Gasteiger partial charge on any atom is -0.444 e. The first-order valence-electron chi connectivity index (χ1n) is 6.92. The van der Waals surface area contributed by atoms with Crippen molar-refractivity contribution in [2.75, 3.05) is 13.1 Å². The standard InChI is InChI=1S/C14H26N2O3/c1-7-12-9-15(13(18)19-14(4,5)6)8-10(2)16(12)11(3)17/h10,12H,7-9H2,1-6H3/t10?,12-/m1/s1. The van der Waals surface area contributed by atoms with Gasteiger partial charge in [0, 0.05) is 32.1 Å². The van der Waals surface area contributed by atoms with Gasteiger partial charge in [-0.05, 0) is 34.1 Å². The van der Waals surface area contributed by atoms with Crippen molar-refractivity contribution < 1.29 is 14.3 Å². The highest BCUT2D eigenvalue weighted by molar-refractivity contribution is 5.75. The molecule has 1 aliphatic rings. The molecule has 0 saturated carbocycles. The first-order chi connectivity index (χ1) is 8.65. The molecule has 110 valence electrons. The van der Waals surface area contributed by atoms with Crippen LogP contribution < -0.4 is 0 Å². The van der Waals surface area contributed by atoms with E-state index >= 15 is 0 Å². The van der Waals surface area contributed by atoms with Crippen molar-refractivity contribution >= 4 is 12.0 Å². The smallest absolute Gasteiger partial charge is 0.410 e. The van der Waals surface area contributed by atoms with Gasteiger partial charge in [0.25, 0.3) is 0 Å². The van der Waals surface area contributed by atoms with Gasteiger partial charge >= 0.3 is 6.09 Å². The fourth-order valence-electron chi connectivity index (χ4n) is 2.55. The number of piperazine rings is 1. The number of hydrogen-bond acceptors (Lipinski definition) is 3. The molecule has 0 aliphatic carbocycles. The van der Waals surface area contributed by atoms with Crippen molar-refractivity contribution in [3.8, 4) is 0 Å². The molecule has 0 aromatic rings. The second-order valence-corrected chi connectivity index (χ2v) is 6.22. The quantitative estimate of drug-likeness (QED) is 0.734. The molecule has 0 spiro atoms. The fourth-order valence-corrected chi connectivity index (χ4v) is 2.55. The van der Waals surface area contributed by atoms with E-state index in [0.717, 1.165) is 6.42 Å². The second kappa shape index (κ2) is 5.80. The van der Waals surface area contributed by atoms with Gasteiger partial charge in [0.2, 0.25) is 5.91 Å². The lowest BCUT2D eigenvalue weighted by Crippen LogP contribution is -2.60. The molecule has 2 atom stereocenters. The molecule has 5 nitrogen and oxygen atoms in total. The largest absolute Gasteiger partial charge is 0.444 e. The van der Waals surface area contributed by atoms with Crippen LogP contribution in [-0.2, 0) is 9.53 Å². The van der Waals surface area contributed by atoms with Crippen molar-refractivity contribution in [1.82, 2.24) is 9.80 Å². The number of ether oxygens (including phenoxy) is 1. The third-order valence-electron chi connectivity index (χ3n) is 3.27. The normalized spacial score (nSPS) is 24.3. The zero-order chi connectivity index (χ0) is 14.8. The van der Waals surface area contributed by atoms with Gasteiger partial charge < -0.3 is 14.5 Å². The van der Waals surface area contributed by atoms with E-state index < -0.39 is 5.60 Å². The number of amides is 2. The minimum atomic E-state index is -0.486. The molecule has 1 unspecified atom stereocenters. The van der Waals surface area contributed by atoms with E-state index in [0.29, 0.717) is 13.1 Å². The van der Waals surface area contributed by atoms with Crippen LogP contribution in [0.2, 0.25) is 0 Å². The summed E-state index contributed by atoms with van der Waals surface area (Å²) in [4.78, 5) is 27.4. The zero-order valence-corrected chi connectivity index (χ0v) is 12.9.